The van der Waals surface area contributed by atoms with E-state index >= 15 is 4.39 Å². The van der Waals surface area contributed by atoms with E-state index in [1.807, 2.05) is 22.9 Å². The lowest BCUT2D eigenvalue weighted by Crippen LogP contribution is -2.43. The van der Waals surface area contributed by atoms with Crippen molar-refractivity contribution < 1.29 is 36.0 Å². The lowest BCUT2D eigenvalue weighted by Gasteiger charge is -2.36. The fraction of sp³-hybridized carbons (Fsp3) is 0.655. The Bertz CT molecular complexity index is 1470. The van der Waals surface area contributed by atoms with Crippen molar-refractivity contribution in [2.24, 2.45) is 5.92 Å². The van der Waals surface area contributed by atoms with Crippen LogP contribution < -0.4 is 4.43 Å². The van der Waals surface area contributed by atoms with Gasteiger partial charge < -0.3 is 18.6 Å². The molecule has 3 aromatic rings. The van der Waals surface area contributed by atoms with E-state index in [-0.39, 0.29) is 49.4 Å². The normalized spacial score (nSPS) is 18.2. The van der Waals surface area contributed by atoms with Crippen molar-refractivity contribution in [1.82, 2.24) is 19.6 Å². The SMILES string of the molecule is C[C@@H](COCCOCC(F)n1cc(-c2nn(C3CCCCO3)c3ccc(O[Si](C)(C)C(C)(C)C)cc23)cn1)CS(=O)(=O)O. The quantitative estimate of drug-likeness (QED) is 0.128. The van der Waals surface area contributed by atoms with Gasteiger partial charge in [0.25, 0.3) is 10.1 Å². The molecule has 0 radical (unpaired) electrons. The van der Waals surface area contributed by atoms with Gasteiger partial charge >= 0.3 is 0 Å². The summed E-state index contributed by atoms with van der Waals surface area (Å²) in [6.45, 7) is 13.6. The highest BCUT2D eigenvalue weighted by molar-refractivity contribution is 7.85. The molecule has 1 saturated heterocycles. The summed E-state index contributed by atoms with van der Waals surface area (Å²) < 4.78 is 72.3. The maximum atomic E-state index is 15.0. The van der Waals surface area contributed by atoms with E-state index < -0.39 is 24.7 Å². The maximum Gasteiger partial charge on any atom is 0.265 e. The Morgan fingerprint density at radius 3 is 2.56 bits per heavy atom. The van der Waals surface area contributed by atoms with Crippen LogP contribution in [0.4, 0.5) is 4.39 Å². The van der Waals surface area contributed by atoms with Crippen LogP contribution in [0.15, 0.2) is 30.6 Å². The van der Waals surface area contributed by atoms with E-state index in [0.717, 1.165) is 35.9 Å². The average molecular weight is 641 g/mol. The van der Waals surface area contributed by atoms with Crippen LogP contribution in [-0.4, -0.2) is 79.6 Å². The summed E-state index contributed by atoms with van der Waals surface area (Å²) >= 11 is 0. The first-order valence-electron chi connectivity index (χ1n) is 14.8. The highest BCUT2D eigenvalue weighted by atomic mass is 32.2. The highest BCUT2D eigenvalue weighted by Crippen LogP contribution is 2.40. The van der Waals surface area contributed by atoms with Crippen LogP contribution in [0, 0.1) is 5.92 Å². The van der Waals surface area contributed by atoms with Crippen LogP contribution >= 0.6 is 0 Å². The predicted octanol–water partition coefficient (Wildman–Crippen LogP) is 6.01. The number of alkyl halides is 1. The number of halogens is 1. The molecule has 43 heavy (non-hydrogen) atoms. The largest absolute Gasteiger partial charge is 0.543 e. The molecule has 1 fully saturated rings. The summed E-state index contributed by atoms with van der Waals surface area (Å²) in [6, 6.07) is 6.03. The van der Waals surface area contributed by atoms with Crippen molar-refractivity contribution in [3.63, 3.8) is 0 Å². The molecule has 14 heteroatoms. The Morgan fingerprint density at radius 2 is 1.91 bits per heavy atom. The van der Waals surface area contributed by atoms with Crippen molar-refractivity contribution in [1.29, 1.82) is 0 Å². The minimum absolute atomic E-state index is 0.0396. The molecule has 3 atom stereocenters. The summed E-state index contributed by atoms with van der Waals surface area (Å²) in [6.07, 6.45) is 4.47. The second-order valence-electron chi connectivity index (χ2n) is 12.8. The average Bonchev–Trinajstić information content (AvgIpc) is 3.54. The monoisotopic (exact) mass is 640 g/mol. The molecule has 240 valence electrons. The van der Waals surface area contributed by atoms with Crippen molar-refractivity contribution in [2.45, 2.75) is 77.6 Å². The number of nitrogens with zero attached hydrogens (tertiary/aromatic N) is 4. The van der Waals surface area contributed by atoms with Crippen LogP contribution in [0.1, 0.15) is 59.5 Å². The number of benzene rings is 1. The van der Waals surface area contributed by atoms with Gasteiger partial charge in [-0.25, -0.2) is 13.8 Å². The molecule has 1 aliphatic heterocycles. The van der Waals surface area contributed by atoms with Crippen molar-refractivity contribution in [2.75, 3.05) is 38.8 Å². The van der Waals surface area contributed by atoms with Gasteiger partial charge in [0.1, 0.15) is 11.4 Å². The molecule has 1 aliphatic rings. The van der Waals surface area contributed by atoms with Gasteiger partial charge in [-0.1, -0.05) is 27.7 Å². The van der Waals surface area contributed by atoms with Crippen molar-refractivity contribution >= 4 is 29.3 Å². The summed E-state index contributed by atoms with van der Waals surface area (Å²) in [5, 5.41) is 10.1. The molecule has 11 nitrogen and oxygen atoms in total. The fourth-order valence-corrected chi connectivity index (χ4v) is 6.50. The zero-order chi connectivity index (χ0) is 31.4. The Balaban J connectivity index is 1.47. The first-order valence-corrected chi connectivity index (χ1v) is 19.3. The first-order chi connectivity index (χ1) is 20.1. The summed E-state index contributed by atoms with van der Waals surface area (Å²) in [5.41, 5.74) is 2.27. The Labute approximate surface area is 254 Å². The van der Waals surface area contributed by atoms with Crippen molar-refractivity contribution in [3.05, 3.63) is 30.6 Å². The van der Waals surface area contributed by atoms with E-state index in [1.165, 1.54) is 4.68 Å². The van der Waals surface area contributed by atoms with Gasteiger partial charge in [0.15, 0.2) is 6.23 Å². The van der Waals surface area contributed by atoms with E-state index in [0.29, 0.717) is 17.9 Å². The van der Waals surface area contributed by atoms with Crippen LogP contribution in [0.2, 0.25) is 18.1 Å². The molecule has 0 amide bonds. The Hall–Kier alpha value is -2.36. The maximum absolute atomic E-state index is 15.0. The number of hydrogen-bond acceptors (Lipinski definition) is 8. The zero-order valence-electron chi connectivity index (χ0n) is 26.0. The minimum Gasteiger partial charge on any atom is -0.543 e. The molecule has 0 saturated carbocycles. The summed E-state index contributed by atoms with van der Waals surface area (Å²) in [7, 11) is -6.13. The van der Waals surface area contributed by atoms with Crippen LogP contribution in [0.25, 0.3) is 22.2 Å². The summed E-state index contributed by atoms with van der Waals surface area (Å²) in [5.74, 6) is 0.0300. The van der Waals surface area contributed by atoms with E-state index in [1.54, 1.807) is 19.3 Å². The predicted molar refractivity (Wildman–Crippen MR) is 165 cm³/mol. The number of rotatable bonds is 14. The third-order valence-electron chi connectivity index (χ3n) is 7.97. The molecule has 2 aromatic heterocycles. The molecule has 1 aromatic carbocycles. The van der Waals surface area contributed by atoms with Crippen molar-refractivity contribution in [3.8, 4) is 17.0 Å². The molecule has 1 N–H and O–H groups in total. The number of fused-ring (bicyclic) bond motifs is 1. The molecule has 0 bridgehead atoms. The number of hydrogen-bond donors (Lipinski definition) is 1. The third-order valence-corrected chi connectivity index (χ3v) is 13.3. The lowest BCUT2D eigenvalue weighted by atomic mass is 10.1. The lowest BCUT2D eigenvalue weighted by molar-refractivity contribution is -0.0365. The second-order valence-corrected chi connectivity index (χ2v) is 19.0. The zero-order valence-corrected chi connectivity index (χ0v) is 27.8. The second kappa shape index (κ2) is 13.7. The topological polar surface area (TPSA) is 127 Å². The van der Waals surface area contributed by atoms with Gasteiger partial charge in [-0.3, -0.25) is 4.55 Å². The molecule has 4 rings (SSSR count). The Morgan fingerprint density at radius 1 is 1.19 bits per heavy atom. The van der Waals surface area contributed by atoms with Gasteiger partial charge in [0.2, 0.25) is 14.6 Å². The van der Waals surface area contributed by atoms with Gasteiger partial charge in [-0.2, -0.15) is 18.6 Å². The molecular weight excluding hydrogens is 595 g/mol. The molecule has 2 unspecified atom stereocenters. The van der Waals surface area contributed by atoms with E-state index in [2.05, 4.69) is 39.0 Å². The number of aromatic nitrogens is 4. The first kappa shape index (κ1) is 33.5. The van der Waals surface area contributed by atoms with Gasteiger partial charge in [-0.15, -0.1) is 0 Å². The van der Waals surface area contributed by atoms with Gasteiger partial charge in [0, 0.05) is 23.8 Å². The smallest absolute Gasteiger partial charge is 0.265 e. The van der Waals surface area contributed by atoms with Crippen LogP contribution in [-0.2, 0) is 24.3 Å². The molecule has 0 spiro atoms. The third kappa shape index (κ3) is 8.85. The van der Waals surface area contributed by atoms with E-state index in [4.69, 9.17) is 28.3 Å². The summed E-state index contributed by atoms with van der Waals surface area (Å²) in [4.78, 5) is 0. The van der Waals surface area contributed by atoms with Crippen LogP contribution in [0.3, 0.4) is 0 Å². The number of ether oxygens (including phenoxy) is 3. The highest BCUT2D eigenvalue weighted by Gasteiger charge is 2.39. The standard InChI is InChI=1S/C29H45FN4O7SSi/c1-21(20-42(35,36)37)18-38-13-14-39-19-26(30)33-17-22(16-31-33)28-24-15-23(41-43(5,6)29(2,3)4)10-11-25(24)34(32-28)27-9-7-8-12-40-27/h10-11,15-17,21,26-27H,7-9,12-14,18-20H2,1-6H3,(H,35,36,37)/t21-,26?,27?/m0/s1. The van der Waals surface area contributed by atoms with E-state index in [9.17, 15) is 8.42 Å². The molecule has 0 aliphatic carbocycles. The van der Waals surface area contributed by atoms with Gasteiger partial charge in [0.05, 0.1) is 43.9 Å². The van der Waals surface area contributed by atoms with Crippen LogP contribution in [0.5, 0.6) is 5.75 Å². The molecule has 3 heterocycles. The minimum atomic E-state index is -4.05. The molecular formula is C29H45FN4O7SSi. The van der Waals surface area contributed by atoms with Gasteiger partial charge in [-0.05, 0) is 61.5 Å². The fourth-order valence-electron chi connectivity index (χ4n) is 4.66. The Kier molecular flexibility index (Phi) is 10.7.